The lowest BCUT2D eigenvalue weighted by molar-refractivity contribution is 0.170. The highest BCUT2D eigenvalue weighted by atomic mass is 16.5. The van der Waals surface area contributed by atoms with Crippen LogP contribution in [0, 0.1) is 5.92 Å². The van der Waals surface area contributed by atoms with E-state index >= 15 is 0 Å². The van der Waals surface area contributed by atoms with E-state index in [0.29, 0.717) is 0 Å². The van der Waals surface area contributed by atoms with Crippen LogP contribution in [0.25, 0.3) is 0 Å². The Labute approximate surface area is 116 Å². The molecule has 0 spiro atoms. The molecule has 1 fully saturated rings. The van der Waals surface area contributed by atoms with Crippen LogP contribution in [0.5, 0.6) is 5.88 Å². The van der Waals surface area contributed by atoms with E-state index in [-0.39, 0.29) is 0 Å². The SMILES string of the molecule is CNCCC1CCN(Cc2cccnc2OC)CC1. The number of rotatable bonds is 6. The molecule has 0 bridgehead atoms. The van der Waals surface area contributed by atoms with Gasteiger partial charge in [-0.2, -0.15) is 0 Å². The monoisotopic (exact) mass is 263 g/mol. The zero-order valence-corrected chi connectivity index (χ0v) is 12.1. The smallest absolute Gasteiger partial charge is 0.217 e. The molecule has 0 amide bonds. The van der Waals surface area contributed by atoms with E-state index in [0.717, 1.165) is 24.9 Å². The molecule has 1 saturated heterocycles. The third kappa shape index (κ3) is 4.18. The van der Waals surface area contributed by atoms with E-state index in [1.165, 1.54) is 37.9 Å². The van der Waals surface area contributed by atoms with Gasteiger partial charge in [0.25, 0.3) is 0 Å². The predicted molar refractivity (Wildman–Crippen MR) is 77.3 cm³/mol. The average Bonchev–Trinajstić information content (AvgIpc) is 2.47. The maximum atomic E-state index is 5.32. The van der Waals surface area contributed by atoms with Gasteiger partial charge in [-0.15, -0.1) is 0 Å². The highest BCUT2D eigenvalue weighted by molar-refractivity contribution is 5.25. The summed E-state index contributed by atoms with van der Waals surface area (Å²) in [5, 5.41) is 3.24. The van der Waals surface area contributed by atoms with Crippen molar-refractivity contribution in [1.29, 1.82) is 0 Å². The van der Waals surface area contributed by atoms with Crippen molar-refractivity contribution < 1.29 is 4.74 Å². The van der Waals surface area contributed by atoms with Crippen molar-refractivity contribution >= 4 is 0 Å². The van der Waals surface area contributed by atoms with Crippen LogP contribution >= 0.6 is 0 Å². The zero-order valence-electron chi connectivity index (χ0n) is 12.1. The molecule has 106 valence electrons. The second kappa shape index (κ2) is 7.46. The Bertz CT molecular complexity index is 375. The molecule has 1 aromatic heterocycles. The molecular weight excluding hydrogens is 238 g/mol. The fourth-order valence-corrected chi connectivity index (χ4v) is 2.75. The molecule has 0 aromatic carbocycles. The molecule has 1 aliphatic heterocycles. The van der Waals surface area contributed by atoms with Gasteiger partial charge in [-0.3, -0.25) is 4.90 Å². The van der Waals surface area contributed by atoms with Gasteiger partial charge in [0.15, 0.2) is 0 Å². The van der Waals surface area contributed by atoms with Gasteiger partial charge in [-0.05, 0) is 57.9 Å². The summed E-state index contributed by atoms with van der Waals surface area (Å²) in [5.41, 5.74) is 1.19. The van der Waals surface area contributed by atoms with Crippen LogP contribution in [0.1, 0.15) is 24.8 Å². The van der Waals surface area contributed by atoms with E-state index in [9.17, 15) is 0 Å². The number of hydrogen-bond acceptors (Lipinski definition) is 4. The van der Waals surface area contributed by atoms with Gasteiger partial charge in [-0.1, -0.05) is 6.07 Å². The van der Waals surface area contributed by atoms with E-state index in [4.69, 9.17) is 4.74 Å². The molecule has 1 aliphatic rings. The largest absolute Gasteiger partial charge is 0.481 e. The molecule has 0 saturated carbocycles. The van der Waals surface area contributed by atoms with E-state index in [1.54, 1.807) is 13.3 Å². The standard InChI is InChI=1S/C15H25N3O/c1-16-9-5-13-6-10-18(11-7-13)12-14-4-3-8-17-15(14)19-2/h3-4,8,13,16H,5-7,9-12H2,1-2H3. The Morgan fingerprint density at radius 1 is 1.42 bits per heavy atom. The molecule has 1 N–H and O–H groups in total. The minimum atomic E-state index is 0.764. The minimum absolute atomic E-state index is 0.764. The molecular formula is C15H25N3O. The van der Waals surface area contributed by atoms with Gasteiger partial charge in [-0.25, -0.2) is 4.98 Å². The Morgan fingerprint density at radius 2 is 2.21 bits per heavy atom. The molecule has 4 nitrogen and oxygen atoms in total. The average molecular weight is 263 g/mol. The number of hydrogen-bond donors (Lipinski definition) is 1. The number of piperidine rings is 1. The Balaban J connectivity index is 1.82. The fourth-order valence-electron chi connectivity index (χ4n) is 2.75. The first kappa shape index (κ1) is 14.3. The van der Waals surface area contributed by atoms with E-state index in [2.05, 4.69) is 21.3 Å². The summed E-state index contributed by atoms with van der Waals surface area (Å²) >= 11 is 0. The lowest BCUT2D eigenvalue weighted by Gasteiger charge is -2.32. The van der Waals surface area contributed by atoms with Crippen molar-refractivity contribution in [3.8, 4) is 5.88 Å². The first-order chi connectivity index (χ1) is 9.33. The second-order valence-corrected chi connectivity index (χ2v) is 5.28. The summed E-state index contributed by atoms with van der Waals surface area (Å²) in [5.74, 6) is 1.65. The van der Waals surface area contributed by atoms with E-state index < -0.39 is 0 Å². The summed E-state index contributed by atoms with van der Waals surface area (Å²) in [7, 11) is 3.72. The third-order valence-electron chi connectivity index (χ3n) is 3.95. The van der Waals surface area contributed by atoms with Crippen LogP contribution in [-0.2, 0) is 6.54 Å². The number of nitrogens with one attached hydrogen (secondary N) is 1. The van der Waals surface area contributed by atoms with Crippen LogP contribution in [0.2, 0.25) is 0 Å². The van der Waals surface area contributed by atoms with Gasteiger partial charge in [0.2, 0.25) is 5.88 Å². The lowest BCUT2D eigenvalue weighted by Crippen LogP contribution is -2.34. The number of nitrogens with zero attached hydrogens (tertiary/aromatic N) is 2. The van der Waals surface area contributed by atoms with Gasteiger partial charge in [0, 0.05) is 18.3 Å². The summed E-state index contributed by atoms with van der Waals surface area (Å²) < 4.78 is 5.32. The number of pyridine rings is 1. The van der Waals surface area contributed by atoms with Gasteiger partial charge >= 0.3 is 0 Å². The Kier molecular flexibility index (Phi) is 5.61. The van der Waals surface area contributed by atoms with Crippen LogP contribution in [0.4, 0.5) is 0 Å². The van der Waals surface area contributed by atoms with Gasteiger partial charge in [0.1, 0.15) is 0 Å². The summed E-state index contributed by atoms with van der Waals surface area (Å²) in [4.78, 5) is 6.77. The number of ether oxygens (including phenoxy) is 1. The molecule has 0 radical (unpaired) electrons. The fraction of sp³-hybridized carbons (Fsp3) is 0.667. The zero-order chi connectivity index (χ0) is 13.5. The molecule has 0 unspecified atom stereocenters. The summed E-state index contributed by atoms with van der Waals surface area (Å²) in [6, 6.07) is 4.09. The normalized spacial score (nSPS) is 17.6. The van der Waals surface area contributed by atoms with Crippen molar-refractivity contribution in [2.45, 2.75) is 25.8 Å². The lowest BCUT2D eigenvalue weighted by atomic mass is 9.93. The third-order valence-corrected chi connectivity index (χ3v) is 3.95. The Morgan fingerprint density at radius 3 is 2.89 bits per heavy atom. The van der Waals surface area contributed by atoms with Crippen molar-refractivity contribution in [2.24, 2.45) is 5.92 Å². The maximum Gasteiger partial charge on any atom is 0.217 e. The van der Waals surface area contributed by atoms with Gasteiger partial charge < -0.3 is 10.1 Å². The van der Waals surface area contributed by atoms with Crippen LogP contribution in [-0.4, -0.2) is 43.7 Å². The highest BCUT2D eigenvalue weighted by Crippen LogP contribution is 2.23. The summed E-state index contributed by atoms with van der Waals surface area (Å²) in [6.45, 7) is 4.47. The maximum absolute atomic E-state index is 5.32. The first-order valence-corrected chi connectivity index (χ1v) is 7.18. The molecule has 0 aliphatic carbocycles. The number of likely N-dealkylation sites (tertiary alicyclic amines) is 1. The quantitative estimate of drug-likeness (QED) is 0.851. The molecule has 2 heterocycles. The summed E-state index contributed by atoms with van der Waals surface area (Å²) in [6.07, 6.45) is 5.71. The van der Waals surface area contributed by atoms with Crippen molar-refractivity contribution in [3.63, 3.8) is 0 Å². The number of methoxy groups -OCH3 is 1. The topological polar surface area (TPSA) is 37.4 Å². The van der Waals surface area contributed by atoms with Crippen LogP contribution in [0.15, 0.2) is 18.3 Å². The number of aromatic nitrogens is 1. The highest BCUT2D eigenvalue weighted by Gasteiger charge is 2.19. The van der Waals surface area contributed by atoms with Crippen molar-refractivity contribution in [2.75, 3.05) is 33.8 Å². The molecule has 19 heavy (non-hydrogen) atoms. The van der Waals surface area contributed by atoms with Gasteiger partial charge in [0.05, 0.1) is 7.11 Å². The van der Waals surface area contributed by atoms with Crippen molar-refractivity contribution in [3.05, 3.63) is 23.9 Å². The molecule has 0 atom stereocenters. The second-order valence-electron chi connectivity index (χ2n) is 5.28. The first-order valence-electron chi connectivity index (χ1n) is 7.18. The van der Waals surface area contributed by atoms with Crippen molar-refractivity contribution in [1.82, 2.24) is 15.2 Å². The molecule has 4 heteroatoms. The molecule has 1 aromatic rings. The Hall–Kier alpha value is -1.13. The minimum Gasteiger partial charge on any atom is -0.481 e. The molecule has 2 rings (SSSR count). The van der Waals surface area contributed by atoms with Crippen LogP contribution in [0.3, 0.4) is 0 Å². The predicted octanol–water partition coefficient (Wildman–Crippen LogP) is 1.91. The van der Waals surface area contributed by atoms with E-state index in [1.807, 2.05) is 13.1 Å². The van der Waals surface area contributed by atoms with Crippen LogP contribution < -0.4 is 10.1 Å².